The van der Waals surface area contributed by atoms with Crippen molar-refractivity contribution < 1.29 is 36.6 Å². The number of carboxylic acids is 1. The maximum absolute atomic E-state index is 14.0. The predicted molar refractivity (Wildman–Crippen MR) is 137 cm³/mol. The zero-order chi connectivity index (χ0) is 28.1. The van der Waals surface area contributed by atoms with E-state index in [0.29, 0.717) is 11.6 Å². The standard InChI is InChI=1S/C28H25F5N2O3S/c29-22-23(30)25(32)27(26(33)24(22)31)39-34-14-21(36)35(20-12-10-19(11-13-20)28(37)38)15-16-6-8-18(9-7-16)17-4-2-1-3-5-17/h6-13,17,34H,1-5,14-15H2,(H,37,38). The molecule has 2 N–H and O–H groups in total. The Morgan fingerprint density at radius 3 is 1.95 bits per heavy atom. The van der Waals surface area contributed by atoms with Crippen molar-refractivity contribution >= 4 is 29.5 Å². The van der Waals surface area contributed by atoms with Crippen LogP contribution in [0.2, 0.25) is 0 Å². The van der Waals surface area contributed by atoms with E-state index in [9.17, 15) is 36.6 Å². The van der Waals surface area contributed by atoms with E-state index in [-0.39, 0.29) is 24.1 Å². The maximum atomic E-state index is 14.0. The van der Waals surface area contributed by atoms with Gasteiger partial charge in [-0.3, -0.25) is 9.52 Å². The zero-order valence-corrected chi connectivity index (χ0v) is 21.5. The van der Waals surface area contributed by atoms with Crippen LogP contribution >= 0.6 is 11.9 Å². The van der Waals surface area contributed by atoms with Crippen molar-refractivity contribution in [2.24, 2.45) is 0 Å². The Labute approximate surface area is 226 Å². The first-order valence-corrected chi connectivity index (χ1v) is 13.1. The van der Waals surface area contributed by atoms with Gasteiger partial charge in [0.2, 0.25) is 11.7 Å². The second-order valence-corrected chi connectivity index (χ2v) is 10.1. The van der Waals surface area contributed by atoms with Gasteiger partial charge in [0.25, 0.3) is 0 Å². The molecule has 206 valence electrons. The second-order valence-electron chi connectivity index (χ2n) is 9.23. The monoisotopic (exact) mass is 564 g/mol. The average Bonchev–Trinajstić information content (AvgIpc) is 2.96. The number of carboxylic acid groups (broad SMARTS) is 1. The molecule has 0 aliphatic heterocycles. The van der Waals surface area contributed by atoms with Crippen LogP contribution in [0.25, 0.3) is 0 Å². The van der Waals surface area contributed by atoms with E-state index in [1.807, 2.05) is 24.3 Å². The molecule has 1 fully saturated rings. The summed E-state index contributed by atoms with van der Waals surface area (Å²) in [6.45, 7) is -0.421. The molecule has 0 heterocycles. The third-order valence-corrected chi connectivity index (χ3v) is 7.54. The smallest absolute Gasteiger partial charge is 0.335 e. The predicted octanol–water partition coefficient (Wildman–Crippen LogP) is 6.96. The lowest BCUT2D eigenvalue weighted by Crippen LogP contribution is -2.36. The number of rotatable bonds is 9. The normalized spacial score (nSPS) is 13.9. The molecule has 0 aromatic heterocycles. The van der Waals surface area contributed by atoms with Gasteiger partial charge in [-0.15, -0.1) is 0 Å². The number of carbonyl (C=O) groups is 2. The Morgan fingerprint density at radius 1 is 0.821 bits per heavy atom. The summed E-state index contributed by atoms with van der Waals surface area (Å²) in [4.78, 5) is 24.6. The highest BCUT2D eigenvalue weighted by Gasteiger charge is 2.27. The van der Waals surface area contributed by atoms with E-state index < -0.39 is 52.4 Å². The second kappa shape index (κ2) is 12.6. The highest BCUT2D eigenvalue weighted by molar-refractivity contribution is 7.97. The quantitative estimate of drug-likeness (QED) is 0.127. The van der Waals surface area contributed by atoms with E-state index in [1.54, 1.807) is 0 Å². The first-order valence-electron chi connectivity index (χ1n) is 12.3. The van der Waals surface area contributed by atoms with Gasteiger partial charge in [0.15, 0.2) is 23.3 Å². The molecule has 0 atom stereocenters. The zero-order valence-electron chi connectivity index (χ0n) is 20.7. The molecule has 0 bridgehead atoms. The van der Waals surface area contributed by atoms with Gasteiger partial charge < -0.3 is 10.0 Å². The Kier molecular flexibility index (Phi) is 9.24. The minimum Gasteiger partial charge on any atom is -0.478 e. The molecule has 0 spiro atoms. The first kappa shape index (κ1) is 28.6. The van der Waals surface area contributed by atoms with Crippen LogP contribution in [0.1, 0.15) is 59.5 Å². The third kappa shape index (κ3) is 6.59. The number of benzene rings is 3. The molecule has 0 radical (unpaired) electrons. The minimum absolute atomic E-state index is 0.0166. The van der Waals surface area contributed by atoms with E-state index >= 15 is 0 Å². The maximum Gasteiger partial charge on any atom is 0.335 e. The highest BCUT2D eigenvalue weighted by Crippen LogP contribution is 2.33. The summed E-state index contributed by atoms with van der Waals surface area (Å²) in [6, 6.07) is 13.4. The van der Waals surface area contributed by atoms with Gasteiger partial charge in [-0.2, -0.15) is 0 Å². The highest BCUT2D eigenvalue weighted by atomic mass is 32.2. The number of aromatic carboxylic acids is 1. The van der Waals surface area contributed by atoms with E-state index in [4.69, 9.17) is 0 Å². The molecule has 0 saturated heterocycles. The molecular formula is C28H25F5N2O3S. The van der Waals surface area contributed by atoms with Crippen molar-refractivity contribution in [2.75, 3.05) is 11.4 Å². The van der Waals surface area contributed by atoms with Crippen LogP contribution < -0.4 is 9.62 Å². The molecule has 39 heavy (non-hydrogen) atoms. The van der Waals surface area contributed by atoms with Gasteiger partial charge >= 0.3 is 5.97 Å². The number of anilines is 1. The largest absolute Gasteiger partial charge is 0.478 e. The van der Waals surface area contributed by atoms with Gasteiger partial charge in [-0.1, -0.05) is 43.5 Å². The van der Waals surface area contributed by atoms with Gasteiger partial charge in [0.05, 0.1) is 18.7 Å². The molecule has 11 heteroatoms. The first-order chi connectivity index (χ1) is 18.7. The Bertz CT molecular complexity index is 1320. The lowest BCUT2D eigenvalue weighted by molar-refractivity contribution is -0.117. The topological polar surface area (TPSA) is 69.6 Å². The number of carbonyl (C=O) groups excluding carboxylic acids is 1. The number of hydrogen-bond acceptors (Lipinski definition) is 4. The Morgan fingerprint density at radius 2 is 1.38 bits per heavy atom. The van der Waals surface area contributed by atoms with Crippen LogP contribution in [0.5, 0.6) is 0 Å². The van der Waals surface area contributed by atoms with Gasteiger partial charge in [0, 0.05) is 5.69 Å². The van der Waals surface area contributed by atoms with Crippen LogP contribution in [-0.2, 0) is 11.3 Å². The average molecular weight is 565 g/mol. The van der Waals surface area contributed by atoms with Crippen molar-refractivity contribution in [3.05, 3.63) is 94.3 Å². The SMILES string of the molecule is O=C(O)c1ccc(N(Cc2ccc(C3CCCCC3)cc2)C(=O)CNSc2c(F)c(F)c(F)c(F)c2F)cc1. The summed E-state index contributed by atoms with van der Waals surface area (Å²) in [7, 11) is 0. The summed E-state index contributed by atoms with van der Waals surface area (Å²) >= 11 is 0.110. The van der Waals surface area contributed by atoms with E-state index in [2.05, 4.69) is 4.72 Å². The van der Waals surface area contributed by atoms with Gasteiger partial charge in [-0.25, -0.2) is 26.7 Å². The molecule has 0 unspecified atom stereocenters. The minimum atomic E-state index is -2.27. The van der Waals surface area contributed by atoms with Gasteiger partial charge in [0.1, 0.15) is 4.90 Å². The number of nitrogens with one attached hydrogen (secondary N) is 1. The summed E-state index contributed by atoms with van der Waals surface area (Å²) in [5.41, 5.74) is 2.40. The molecule has 3 aromatic rings. The third-order valence-electron chi connectivity index (χ3n) is 6.69. The molecule has 5 nitrogen and oxygen atoms in total. The number of halogens is 5. The van der Waals surface area contributed by atoms with Crippen molar-refractivity contribution in [1.82, 2.24) is 4.72 Å². The van der Waals surface area contributed by atoms with Crippen LogP contribution in [0.15, 0.2) is 53.4 Å². The summed E-state index contributed by atoms with van der Waals surface area (Å²) in [5.74, 6) is -11.7. The van der Waals surface area contributed by atoms with Crippen molar-refractivity contribution in [3.8, 4) is 0 Å². The molecule has 1 aliphatic carbocycles. The fraction of sp³-hybridized carbons (Fsp3) is 0.286. The van der Waals surface area contributed by atoms with Crippen LogP contribution in [0, 0.1) is 29.1 Å². The van der Waals surface area contributed by atoms with Crippen LogP contribution in [0.4, 0.5) is 27.6 Å². The van der Waals surface area contributed by atoms with Crippen LogP contribution in [0.3, 0.4) is 0 Å². The summed E-state index contributed by atoms with van der Waals surface area (Å²) in [6.07, 6.45) is 5.88. The Hall–Kier alpha value is -3.44. The Balaban J connectivity index is 1.51. The molecule has 4 rings (SSSR count). The summed E-state index contributed by atoms with van der Waals surface area (Å²) in [5, 5.41) is 9.19. The fourth-order valence-corrected chi connectivity index (χ4v) is 5.26. The van der Waals surface area contributed by atoms with E-state index in [0.717, 1.165) is 18.4 Å². The van der Waals surface area contributed by atoms with Crippen LogP contribution in [-0.4, -0.2) is 23.5 Å². The summed E-state index contributed by atoms with van der Waals surface area (Å²) < 4.78 is 70.6. The lowest BCUT2D eigenvalue weighted by atomic mass is 9.84. The molecule has 1 saturated carbocycles. The lowest BCUT2D eigenvalue weighted by Gasteiger charge is -2.25. The van der Waals surface area contributed by atoms with Crippen molar-refractivity contribution in [3.63, 3.8) is 0 Å². The molecular weight excluding hydrogens is 539 g/mol. The molecule has 3 aromatic carbocycles. The number of amides is 1. The van der Waals surface area contributed by atoms with Crippen molar-refractivity contribution in [2.45, 2.75) is 49.5 Å². The van der Waals surface area contributed by atoms with Crippen molar-refractivity contribution in [1.29, 1.82) is 0 Å². The molecule has 1 amide bonds. The molecule has 1 aliphatic rings. The van der Waals surface area contributed by atoms with E-state index in [1.165, 1.54) is 54.0 Å². The number of hydrogen-bond donors (Lipinski definition) is 2. The van der Waals surface area contributed by atoms with Gasteiger partial charge in [-0.05, 0) is 66.1 Å². The fourth-order valence-electron chi connectivity index (χ4n) is 4.56. The number of nitrogens with zero attached hydrogens (tertiary/aromatic N) is 1.